The highest BCUT2D eigenvalue weighted by Gasteiger charge is 2.19. The van der Waals surface area contributed by atoms with Gasteiger partial charge in [0.05, 0.1) is 11.8 Å². The van der Waals surface area contributed by atoms with Gasteiger partial charge in [0, 0.05) is 25.5 Å². The molecule has 1 saturated heterocycles. The molecule has 1 aromatic rings. The average molecular weight is 316 g/mol. The lowest BCUT2D eigenvalue weighted by molar-refractivity contribution is 0.0215. The van der Waals surface area contributed by atoms with Gasteiger partial charge in [-0.05, 0) is 30.9 Å². The molecule has 18 heavy (non-hydrogen) atoms. The van der Waals surface area contributed by atoms with E-state index in [1.165, 1.54) is 12.5 Å². The fourth-order valence-electron chi connectivity index (χ4n) is 2.44. The summed E-state index contributed by atoms with van der Waals surface area (Å²) >= 11 is 3.41. The minimum Gasteiger partial charge on any atom is -0.376 e. The molecule has 1 aliphatic heterocycles. The van der Waals surface area contributed by atoms with E-state index in [0.29, 0.717) is 11.0 Å². The number of ether oxygens (including phenoxy) is 1. The van der Waals surface area contributed by atoms with Crippen LogP contribution in [0.3, 0.4) is 0 Å². The number of anilines is 1. The molecule has 1 aromatic carbocycles. The third-order valence-corrected chi connectivity index (χ3v) is 3.95. The lowest BCUT2D eigenvalue weighted by Gasteiger charge is -2.29. The van der Waals surface area contributed by atoms with Crippen LogP contribution in [0.2, 0.25) is 0 Å². The topological polar surface area (TPSA) is 12.5 Å². The fraction of sp³-hybridized carbons (Fsp3) is 0.571. The van der Waals surface area contributed by atoms with Gasteiger partial charge in [-0.2, -0.15) is 0 Å². The Morgan fingerprint density at radius 1 is 1.44 bits per heavy atom. The first-order chi connectivity index (χ1) is 8.72. The van der Waals surface area contributed by atoms with Gasteiger partial charge in [0.2, 0.25) is 0 Å². The van der Waals surface area contributed by atoms with Gasteiger partial charge in [-0.15, -0.1) is 0 Å². The van der Waals surface area contributed by atoms with Crippen molar-refractivity contribution in [1.29, 1.82) is 0 Å². The highest BCUT2D eigenvalue weighted by atomic mass is 79.9. The highest BCUT2D eigenvalue weighted by molar-refractivity contribution is 9.08. The van der Waals surface area contributed by atoms with Gasteiger partial charge >= 0.3 is 0 Å². The predicted octanol–water partition coefficient (Wildman–Crippen LogP) is 3.73. The summed E-state index contributed by atoms with van der Waals surface area (Å²) in [7, 11) is 1.93. The molecule has 1 heterocycles. The summed E-state index contributed by atoms with van der Waals surface area (Å²) in [6.07, 6.45) is 3.65. The Balaban J connectivity index is 2.09. The van der Waals surface area contributed by atoms with Crippen LogP contribution in [0.25, 0.3) is 0 Å². The first kappa shape index (κ1) is 13.8. The number of hydrogen-bond donors (Lipinski definition) is 0. The summed E-state index contributed by atoms with van der Waals surface area (Å²) in [6, 6.07) is 5.21. The monoisotopic (exact) mass is 315 g/mol. The number of halogens is 2. The zero-order valence-corrected chi connectivity index (χ0v) is 12.2. The third kappa shape index (κ3) is 3.23. The maximum absolute atomic E-state index is 13.9. The molecule has 2 nitrogen and oxygen atoms in total. The van der Waals surface area contributed by atoms with E-state index in [1.807, 2.05) is 18.0 Å². The maximum atomic E-state index is 13.9. The van der Waals surface area contributed by atoms with Gasteiger partial charge in [0.25, 0.3) is 0 Å². The van der Waals surface area contributed by atoms with Crippen LogP contribution in [0.15, 0.2) is 18.2 Å². The summed E-state index contributed by atoms with van der Waals surface area (Å²) in [6.45, 7) is 1.59. The van der Waals surface area contributed by atoms with E-state index >= 15 is 0 Å². The minimum absolute atomic E-state index is 0.162. The fourth-order valence-corrected chi connectivity index (χ4v) is 2.90. The van der Waals surface area contributed by atoms with Crippen LogP contribution in [-0.2, 0) is 10.1 Å². The standard InChI is InChI=1S/C14H19BrFNO/c1-17(10-12-6-2-3-8-18-12)14-11(9-15)5-4-7-13(14)16/h4-5,7,12H,2-3,6,8-10H2,1H3. The third-order valence-electron chi connectivity index (χ3n) is 3.35. The molecule has 0 bridgehead atoms. The Bertz CT molecular complexity index is 393. The largest absolute Gasteiger partial charge is 0.376 e. The lowest BCUT2D eigenvalue weighted by Crippen LogP contribution is -2.34. The molecule has 0 amide bonds. The lowest BCUT2D eigenvalue weighted by atomic mass is 10.1. The van der Waals surface area contributed by atoms with Gasteiger partial charge in [-0.1, -0.05) is 28.1 Å². The minimum atomic E-state index is -0.162. The summed E-state index contributed by atoms with van der Waals surface area (Å²) in [5, 5.41) is 0.663. The molecule has 0 radical (unpaired) electrons. The summed E-state index contributed by atoms with van der Waals surface area (Å²) in [5.41, 5.74) is 1.66. The number of hydrogen-bond acceptors (Lipinski definition) is 2. The Morgan fingerprint density at radius 2 is 2.28 bits per heavy atom. The molecule has 1 atom stereocenters. The zero-order valence-electron chi connectivity index (χ0n) is 10.7. The van der Waals surface area contributed by atoms with E-state index in [4.69, 9.17) is 4.74 Å². The van der Waals surface area contributed by atoms with Crippen molar-refractivity contribution in [3.63, 3.8) is 0 Å². The first-order valence-electron chi connectivity index (χ1n) is 6.38. The van der Waals surface area contributed by atoms with Gasteiger partial charge in [0.1, 0.15) is 5.82 Å². The van der Waals surface area contributed by atoms with Crippen molar-refractivity contribution >= 4 is 21.6 Å². The number of benzene rings is 1. The summed E-state index contributed by atoms with van der Waals surface area (Å²) in [5.74, 6) is -0.162. The number of likely N-dealkylation sites (N-methyl/N-ethyl adjacent to an activating group) is 1. The first-order valence-corrected chi connectivity index (χ1v) is 7.50. The van der Waals surface area contributed by atoms with Crippen molar-refractivity contribution < 1.29 is 9.13 Å². The Morgan fingerprint density at radius 3 is 2.94 bits per heavy atom. The van der Waals surface area contributed by atoms with Crippen molar-refractivity contribution in [2.75, 3.05) is 25.1 Å². The van der Waals surface area contributed by atoms with Gasteiger partial charge in [0.15, 0.2) is 0 Å². The van der Waals surface area contributed by atoms with Crippen LogP contribution in [0.5, 0.6) is 0 Å². The van der Waals surface area contributed by atoms with Crippen molar-refractivity contribution in [2.24, 2.45) is 0 Å². The molecule has 1 fully saturated rings. The second-order valence-electron chi connectivity index (χ2n) is 4.75. The Labute approximate surface area is 116 Å². The number of alkyl halides is 1. The molecule has 0 spiro atoms. The predicted molar refractivity (Wildman–Crippen MR) is 75.9 cm³/mol. The van der Waals surface area contributed by atoms with Crippen molar-refractivity contribution in [3.05, 3.63) is 29.6 Å². The van der Waals surface area contributed by atoms with E-state index in [1.54, 1.807) is 6.07 Å². The van der Waals surface area contributed by atoms with Crippen LogP contribution in [0.4, 0.5) is 10.1 Å². The van der Waals surface area contributed by atoms with E-state index in [9.17, 15) is 4.39 Å². The van der Waals surface area contributed by atoms with Gasteiger partial charge in [-0.3, -0.25) is 0 Å². The molecule has 0 N–H and O–H groups in total. The van der Waals surface area contributed by atoms with E-state index in [-0.39, 0.29) is 11.9 Å². The summed E-state index contributed by atoms with van der Waals surface area (Å²) < 4.78 is 19.6. The van der Waals surface area contributed by atoms with Crippen molar-refractivity contribution in [1.82, 2.24) is 0 Å². The molecule has 1 unspecified atom stereocenters. The van der Waals surface area contributed by atoms with E-state index in [0.717, 1.165) is 31.6 Å². The van der Waals surface area contributed by atoms with Crippen molar-refractivity contribution in [3.8, 4) is 0 Å². The number of para-hydroxylation sites is 1. The molecule has 4 heteroatoms. The Hall–Kier alpha value is -0.610. The second kappa shape index (κ2) is 6.53. The van der Waals surface area contributed by atoms with Gasteiger partial charge < -0.3 is 9.64 Å². The molecule has 100 valence electrons. The average Bonchev–Trinajstić information content (AvgIpc) is 2.39. The van der Waals surface area contributed by atoms with Crippen LogP contribution in [0.1, 0.15) is 24.8 Å². The Kier molecular flexibility index (Phi) is 5.01. The highest BCUT2D eigenvalue weighted by Crippen LogP contribution is 2.26. The summed E-state index contributed by atoms with van der Waals surface area (Å²) in [4.78, 5) is 1.97. The van der Waals surface area contributed by atoms with Crippen LogP contribution >= 0.6 is 15.9 Å². The molecule has 2 rings (SSSR count). The SMILES string of the molecule is CN(CC1CCCCO1)c1c(F)cccc1CBr. The van der Waals surface area contributed by atoms with Crippen LogP contribution < -0.4 is 4.90 Å². The van der Waals surface area contributed by atoms with E-state index < -0.39 is 0 Å². The molecule has 0 aromatic heterocycles. The van der Waals surface area contributed by atoms with Gasteiger partial charge in [-0.25, -0.2) is 4.39 Å². The smallest absolute Gasteiger partial charge is 0.146 e. The van der Waals surface area contributed by atoms with Crippen LogP contribution in [0, 0.1) is 5.82 Å². The molecule has 1 aliphatic rings. The number of rotatable bonds is 4. The quantitative estimate of drug-likeness (QED) is 0.785. The maximum Gasteiger partial charge on any atom is 0.146 e. The van der Waals surface area contributed by atoms with Crippen molar-refractivity contribution in [2.45, 2.75) is 30.7 Å². The van der Waals surface area contributed by atoms with Crippen LogP contribution in [-0.4, -0.2) is 26.3 Å². The second-order valence-corrected chi connectivity index (χ2v) is 5.31. The normalized spacial score (nSPS) is 19.8. The molecular formula is C14H19BrFNO. The number of nitrogens with zero attached hydrogens (tertiary/aromatic N) is 1. The zero-order chi connectivity index (χ0) is 13.0. The molecule has 0 aliphatic carbocycles. The molecule has 0 saturated carbocycles. The molecular weight excluding hydrogens is 297 g/mol. The van der Waals surface area contributed by atoms with E-state index in [2.05, 4.69) is 15.9 Å².